The Kier molecular flexibility index (Phi) is 3.00. The number of benzene rings is 2. The number of hydrogen-bond donors (Lipinski definition) is 1. The van der Waals surface area contributed by atoms with Gasteiger partial charge in [-0.1, -0.05) is 34.1 Å². The van der Waals surface area contributed by atoms with Crippen molar-refractivity contribution in [3.63, 3.8) is 0 Å². The molecule has 2 heterocycles. The summed E-state index contributed by atoms with van der Waals surface area (Å²) in [5.74, 6) is -0.507. The number of imide groups is 1. The lowest BCUT2D eigenvalue weighted by Gasteiger charge is -2.33. The van der Waals surface area contributed by atoms with Crippen molar-refractivity contribution in [1.29, 1.82) is 0 Å². The molecule has 1 saturated heterocycles. The van der Waals surface area contributed by atoms with Crippen molar-refractivity contribution in [2.24, 2.45) is 5.10 Å². The van der Waals surface area contributed by atoms with E-state index in [1.165, 1.54) is 0 Å². The third-order valence-corrected chi connectivity index (χ3v) is 4.76. The predicted molar refractivity (Wildman–Crippen MR) is 87.9 cm³/mol. The Hall–Kier alpha value is -2.21. The minimum absolute atomic E-state index is 0.219. The molecule has 1 atom stereocenters. The van der Waals surface area contributed by atoms with E-state index < -0.39 is 6.04 Å². The summed E-state index contributed by atoms with van der Waals surface area (Å²) in [6.07, 6.45) is 2.58. The Morgan fingerprint density at radius 1 is 1.23 bits per heavy atom. The van der Waals surface area contributed by atoms with Gasteiger partial charge in [0.25, 0.3) is 5.91 Å². The van der Waals surface area contributed by atoms with Crippen molar-refractivity contribution < 1.29 is 9.59 Å². The number of nitrogens with one attached hydrogen (secondary N) is 1. The minimum Gasteiger partial charge on any atom is -0.295 e. The smallest absolute Gasteiger partial charge is 0.251 e. The topological polar surface area (TPSA) is 61.8 Å². The van der Waals surface area contributed by atoms with Gasteiger partial charge < -0.3 is 0 Å². The first kappa shape index (κ1) is 13.5. The Morgan fingerprint density at radius 2 is 2.09 bits per heavy atom. The molecule has 0 radical (unpaired) electrons. The Labute approximate surface area is 135 Å². The van der Waals surface area contributed by atoms with Gasteiger partial charge in [0.1, 0.15) is 6.04 Å². The standard InChI is InChI=1S/C16H12BrN3O2/c17-11-4-5-12-15-9(2-1-3-10(11)15)8-18-20(12)13-6-7-14(21)19-16(13)22/h1-5,8,13H,6-7H2,(H,19,21,22). The number of rotatable bonds is 1. The summed E-state index contributed by atoms with van der Waals surface area (Å²) in [6, 6.07) is 9.49. The average Bonchev–Trinajstić information content (AvgIpc) is 2.51. The number of anilines is 1. The normalized spacial score (nSPS) is 20.4. The molecule has 0 aliphatic carbocycles. The van der Waals surface area contributed by atoms with E-state index in [9.17, 15) is 9.59 Å². The van der Waals surface area contributed by atoms with Gasteiger partial charge in [0.05, 0.1) is 11.9 Å². The summed E-state index contributed by atoms with van der Waals surface area (Å²) < 4.78 is 1.01. The molecule has 1 fully saturated rings. The highest BCUT2D eigenvalue weighted by Crippen LogP contribution is 2.38. The van der Waals surface area contributed by atoms with E-state index in [1.54, 1.807) is 11.2 Å². The summed E-state index contributed by atoms with van der Waals surface area (Å²) in [5, 5.41) is 10.7. The maximum Gasteiger partial charge on any atom is 0.251 e. The Morgan fingerprint density at radius 3 is 2.91 bits per heavy atom. The molecule has 110 valence electrons. The first-order chi connectivity index (χ1) is 10.6. The molecular formula is C16H12BrN3O2. The van der Waals surface area contributed by atoms with Crippen LogP contribution in [0.3, 0.4) is 0 Å². The van der Waals surface area contributed by atoms with Gasteiger partial charge in [0.2, 0.25) is 5.91 Å². The van der Waals surface area contributed by atoms with Crippen LogP contribution in [0.4, 0.5) is 5.69 Å². The molecular weight excluding hydrogens is 346 g/mol. The summed E-state index contributed by atoms with van der Waals surface area (Å²) in [6.45, 7) is 0. The molecule has 0 spiro atoms. The van der Waals surface area contributed by atoms with Crippen molar-refractivity contribution in [1.82, 2.24) is 5.32 Å². The van der Waals surface area contributed by atoms with Gasteiger partial charge in [0, 0.05) is 21.8 Å². The average molecular weight is 358 g/mol. The monoisotopic (exact) mass is 357 g/mol. The quantitative estimate of drug-likeness (QED) is 0.797. The second-order valence-corrected chi connectivity index (χ2v) is 6.25. The zero-order chi connectivity index (χ0) is 15.3. The fraction of sp³-hybridized carbons (Fsp3) is 0.188. The molecule has 6 heteroatoms. The molecule has 2 amide bonds. The molecule has 22 heavy (non-hydrogen) atoms. The SMILES string of the molecule is O=C1CCC(N2N=Cc3cccc4c(Br)ccc2c34)C(=O)N1. The lowest BCUT2D eigenvalue weighted by Crippen LogP contribution is -2.51. The van der Waals surface area contributed by atoms with Gasteiger partial charge >= 0.3 is 0 Å². The van der Waals surface area contributed by atoms with E-state index in [4.69, 9.17) is 0 Å². The largest absolute Gasteiger partial charge is 0.295 e. The molecule has 5 nitrogen and oxygen atoms in total. The van der Waals surface area contributed by atoms with Crippen molar-refractivity contribution in [3.8, 4) is 0 Å². The number of hydrazone groups is 1. The van der Waals surface area contributed by atoms with Crippen LogP contribution in [0.2, 0.25) is 0 Å². The zero-order valence-corrected chi connectivity index (χ0v) is 13.1. The van der Waals surface area contributed by atoms with E-state index in [2.05, 4.69) is 26.3 Å². The lowest BCUT2D eigenvalue weighted by atomic mass is 9.99. The number of nitrogens with zero attached hydrogens (tertiary/aromatic N) is 2. The van der Waals surface area contributed by atoms with Crippen molar-refractivity contribution >= 4 is 50.4 Å². The van der Waals surface area contributed by atoms with Crippen LogP contribution in [-0.2, 0) is 9.59 Å². The second kappa shape index (κ2) is 4.91. The summed E-state index contributed by atoms with van der Waals surface area (Å²) in [4.78, 5) is 23.5. The van der Waals surface area contributed by atoms with Crippen LogP contribution >= 0.6 is 15.9 Å². The van der Waals surface area contributed by atoms with Gasteiger partial charge in [-0.15, -0.1) is 0 Å². The molecule has 1 unspecified atom stereocenters. The molecule has 1 N–H and O–H groups in total. The molecule has 2 aliphatic heterocycles. The molecule has 4 rings (SSSR count). The molecule has 2 aromatic carbocycles. The highest BCUT2D eigenvalue weighted by atomic mass is 79.9. The van der Waals surface area contributed by atoms with Crippen LogP contribution in [0.25, 0.3) is 10.8 Å². The predicted octanol–water partition coefficient (Wildman–Crippen LogP) is 2.56. The minimum atomic E-state index is -0.452. The number of carbonyl (C=O) groups is 2. The maximum atomic E-state index is 12.1. The number of halogens is 1. The highest BCUT2D eigenvalue weighted by Gasteiger charge is 2.34. The number of amides is 2. The summed E-state index contributed by atoms with van der Waals surface area (Å²) in [7, 11) is 0. The molecule has 0 saturated carbocycles. The highest BCUT2D eigenvalue weighted by molar-refractivity contribution is 9.10. The number of piperidine rings is 1. The van der Waals surface area contributed by atoms with Crippen molar-refractivity contribution in [2.45, 2.75) is 18.9 Å². The summed E-state index contributed by atoms with van der Waals surface area (Å²) in [5.41, 5.74) is 1.92. The van der Waals surface area contributed by atoms with Gasteiger partial charge in [-0.3, -0.25) is 19.9 Å². The summed E-state index contributed by atoms with van der Waals surface area (Å²) >= 11 is 3.57. The zero-order valence-electron chi connectivity index (χ0n) is 11.5. The van der Waals surface area contributed by atoms with Gasteiger partial charge in [0.15, 0.2) is 0 Å². The van der Waals surface area contributed by atoms with Crippen LogP contribution in [0, 0.1) is 0 Å². The Bertz CT molecular complexity index is 847. The molecule has 2 aromatic rings. The third kappa shape index (κ3) is 1.94. The van der Waals surface area contributed by atoms with Gasteiger partial charge in [-0.2, -0.15) is 5.10 Å². The lowest BCUT2D eigenvalue weighted by molar-refractivity contribution is -0.134. The van der Waals surface area contributed by atoms with Gasteiger partial charge in [-0.05, 0) is 23.9 Å². The van der Waals surface area contributed by atoms with Crippen LogP contribution in [-0.4, -0.2) is 24.1 Å². The van der Waals surface area contributed by atoms with E-state index in [0.29, 0.717) is 12.8 Å². The fourth-order valence-corrected chi connectivity index (χ4v) is 3.49. The van der Waals surface area contributed by atoms with E-state index in [1.807, 2.05) is 30.3 Å². The van der Waals surface area contributed by atoms with Crippen LogP contribution < -0.4 is 10.3 Å². The number of hydrogen-bond acceptors (Lipinski definition) is 4. The van der Waals surface area contributed by atoms with Crippen molar-refractivity contribution in [3.05, 3.63) is 40.4 Å². The third-order valence-electron chi connectivity index (χ3n) is 4.07. The van der Waals surface area contributed by atoms with Crippen LogP contribution in [0.1, 0.15) is 18.4 Å². The first-order valence-electron chi connectivity index (χ1n) is 7.03. The first-order valence-corrected chi connectivity index (χ1v) is 7.82. The second-order valence-electron chi connectivity index (χ2n) is 5.39. The molecule has 2 aliphatic rings. The van der Waals surface area contributed by atoms with Crippen molar-refractivity contribution in [2.75, 3.05) is 5.01 Å². The van der Waals surface area contributed by atoms with E-state index in [-0.39, 0.29) is 11.8 Å². The van der Waals surface area contributed by atoms with Gasteiger partial charge in [-0.25, -0.2) is 0 Å². The van der Waals surface area contributed by atoms with E-state index >= 15 is 0 Å². The fourth-order valence-electron chi connectivity index (χ4n) is 3.03. The van der Waals surface area contributed by atoms with Crippen LogP contribution in [0.15, 0.2) is 39.9 Å². The molecule has 0 aromatic heterocycles. The van der Waals surface area contributed by atoms with E-state index in [0.717, 1.165) is 26.5 Å². The molecule has 0 bridgehead atoms. The Balaban J connectivity index is 1.86. The maximum absolute atomic E-state index is 12.1. The number of carbonyl (C=O) groups excluding carboxylic acids is 2. The van der Waals surface area contributed by atoms with Crippen LogP contribution in [0.5, 0.6) is 0 Å².